The summed E-state index contributed by atoms with van der Waals surface area (Å²) >= 11 is 6.39. The molecule has 0 atom stereocenters. The molecular formula is C22H15N3O6S2. The largest absolute Gasteiger partial charge is 0.456 e. The minimum absolute atomic E-state index is 0.0662. The average molecular weight is 482 g/mol. The van der Waals surface area contributed by atoms with Crippen LogP contribution in [0.4, 0.5) is 17.1 Å². The Kier molecular flexibility index (Phi) is 5.83. The highest BCUT2D eigenvalue weighted by Gasteiger charge is 2.34. The van der Waals surface area contributed by atoms with E-state index in [0.717, 1.165) is 22.9 Å². The molecule has 2 heterocycles. The number of thioether (sulfide) groups is 1. The third-order valence-electron chi connectivity index (χ3n) is 5.09. The summed E-state index contributed by atoms with van der Waals surface area (Å²) in [6, 6.07) is 11.9. The van der Waals surface area contributed by atoms with Crippen molar-refractivity contribution in [3.8, 4) is 11.3 Å². The van der Waals surface area contributed by atoms with Crippen LogP contribution in [0.5, 0.6) is 0 Å². The molecule has 1 saturated heterocycles. The maximum Gasteiger partial charge on any atom is 0.280 e. The van der Waals surface area contributed by atoms with Crippen molar-refractivity contribution in [3.63, 3.8) is 0 Å². The van der Waals surface area contributed by atoms with Crippen molar-refractivity contribution in [3.05, 3.63) is 90.6 Å². The zero-order valence-electron chi connectivity index (χ0n) is 17.3. The molecule has 0 unspecified atom stereocenters. The van der Waals surface area contributed by atoms with Gasteiger partial charge in [-0.1, -0.05) is 24.0 Å². The first kappa shape index (κ1) is 22.4. The first-order chi connectivity index (χ1) is 15.7. The van der Waals surface area contributed by atoms with Gasteiger partial charge in [-0.2, -0.15) is 0 Å². The Morgan fingerprint density at radius 2 is 1.67 bits per heavy atom. The molecule has 11 heteroatoms. The molecule has 4 rings (SSSR count). The van der Waals surface area contributed by atoms with E-state index >= 15 is 0 Å². The number of hydrogen-bond donors (Lipinski definition) is 0. The molecule has 0 radical (unpaired) electrons. The summed E-state index contributed by atoms with van der Waals surface area (Å²) in [7, 11) is 0. The Balaban J connectivity index is 1.63. The van der Waals surface area contributed by atoms with E-state index in [0.29, 0.717) is 27.7 Å². The number of nitro groups is 2. The van der Waals surface area contributed by atoms with Crippen LogP contribution < -0.4 is 4.90 Å². The fourth-order valence-electron chi connectivity index (χ4n) is 3.27. The number of thiocarbonyl (C=S) groups is 1. The Labute approximate surface area is 197 Å². The SMILES string of the molecule is Cc1cc(-c2ccc(/C=C3/SC(=S)N(c4ccc([N+](=O)[O-])cc4)C3=O)o2)c([N+](=O)[O-])cc1C. The first-order valence-corrected chi connectivity index (χ1v) is 10.8. The van der Waals surface area contributed by atoms with E-state index < -0.39 is 15.8 Å². The highest BCUT2D eigenvalue weighted by Crippen LogP contribution is 2.38. The lowest BCUT2D eigenvalue weighted by Gasteiger charge is -2.13. The fraction of sp³-hybridized carbons (Fsp3) is 0.0909. The van der Waals surface area contributed by atoms with Crippen molar-refractivity contribution in [2.45, 2.75) is 13.8 Å². The third kappa shape index (κ3) is 4.28. The predicted octanol–water partition coefficient (Wildman–Crippen LogP) is 5.79. The monoisotopic (exact) mass is 481 g/mol. The van der Waals surface area contributed by atoms with Crippen molar-refractivity contribution >= 4 is 57.3 Å². The maximum absolute atomic E-state index is 12.9. The number of benzene rings is 2. The van der Waals surface area contributed by atoms with Gasteiger partial charge in [0.25, 0.3) is 17.3 Å². The van der Waals surface area contributed by atoms with Crippen LogP contribution in [-0.4, -0.2) is 20.1 Å². The van der Waals surface area contributed by atoms with Crippen LogP contribution >= 0.6 is 24.0 Å². The van der Waals surface area contributed by atoms with Gasteiger partial charge in [0.15, 0.2) is 4.32 Å². The summed E-state index contributed by atoms with van der Waals surface area (Å²) in [6.07, 6.45) is 1.51. The molecule has 1 amide bonds. The molecular weight excluding hydrogens is 466 g/mol. The van der Waals surface area contributed by atoms with E-state index in [1.807, 2.05) is 6.92 Å². The summed E-state index contributed by atoms with van der Waals surface area (Å²) in [5.74, 6) is 0.248. The van der Waals surface area contributed by atoms with Crippen molar-refractivity contribution in [1.82, 2.24) is 0 Å². The number of furan rings is 1. The van der Waals surface area contributed by atoms with E-state index in [-0.39, 0.29) is 15.7 Å². The van der Waals surface area contributed by atoms with Crippen molar-refractivity contribution in [2.24, 2.45) is 0 Å². The number of non-ortho nitro benzene ring substituents is 1. The molecule has 0 saturated carbocycles. The number of hydrogen-bond acceptors (Lipinski definition) is 8. The number of amides is 1. The van der Waals surface area contributed by atoms with E-state index in [1.54, 1.807) is 25.1 Å². The third-order valence-corrected chi connectivity index (χ3v) is 6.39. The van der Waals surface area contributed by atoms with E-state index in [2.05, 4.69) is 0 Å². The minimum Gasteiger partial charge on any atom is -0.456 e. The molecule has 3 aromatic rings. The average Bonchev–Trinajstić information content (AvgIpc) is 3.34. The maximum atomic E-state index is 12.9. The normalized spacial score (nSPS) is 14.8. The van der Waals surface area contributed by atoms with Gasteiger partial charge in [0, 0.05) is 24.3 Å². The summed E-state index contributed by atoms with van der Waals surface area (Å²) in [6.45, 7) is 3.66. The van der Waals surface area contributed by atoms with E-state index in [9.17, 15) is 25.0 Å². The number of aryl methyl sites for hydroxylation is 2. The topological polar surface area (TPSA) is 120 Å². The predicted molar refractivity (Wildman–Crippen MR) is 129 cm³/mol. The van der Waals surface area contributed by atoms with Crippen molar-refractivity contribution in [1.29, 1.82) is 0 Å². The standard InChI is InChI=1S/C22H15N3O6S2/c1-12-9-17(18(25(29)30)10-13(12)2)19-8-7-16(31-19)11-20-21(26)23(22(32)33-20)14-3-5-15(6-4-14)24(27)28/h3-11H,1-2H3/b20-11+. The Morgan fingerprint density at radius 1 is 1.00 bits per heavy atom. The Bertz CT molecular complexity index is 1360. The van der Waals surface area contributed by atoms with Crippen LogP contribution in [0.15, 0.2) is 57.9 Å². The van der Waals surface area contributed by atoms with Gasteiger partial charge in [-0.15, -0.1) is 0 Å². The smallest absolute Gasteiger partial charge is 0.280 e. The van der Waals surface area contributed by atoms with Gasteiger partial charge >= 0.3 is 0 Å². The molecule has 1 aliphatic heterocycles. The number of carbonyl (C=O) groups excluding carboxylic acids is 1. The number of carbonyl (C=O) groups is 1. The lowest BCUT2D eigenvalue weighted by atomic mass is 10.0. The van der Waals surface area contributed by atoms with Gasteiger partial charge in [0.1, 0.15) is 11.5 Å². The first-order valence-electron chi connectivity index (χ1n) is 9.54. The van der Waals surface area contributed by atoms with Gasteiger partial charge in [-0.25, -0.2) is 0 Å². The van der Waals surface area contributed by atoms with Gasteiger partial charge in [-0.05, 0) is 55.3 Å². The number of nitrogens with zero attached hydrogens (tertiary/aromatic N) is 3. The molecule has 33 heavy (non-hydrogen) atoms. The summed E-state index contributed by atoms with van der Waals surface area (Å²) in [5.41, 5.74) is 2.29. The molecule has 9 nitrogen and oxygen atoms in total. The summed E-state index contributed by atoms with van der Waals surface area (Å²) in [5, 5.41) is 22.4. The molecule has 0 bridgehead atoms. The highest BCUT2D eigenvalue weighted by molar-refractivity contribution is 8.27. The zero-order chi connectivity index (χ0) is 23.9. The Hall–Kier alpha value is -3.83. The number of anilines is 1. The molecule has 1 aromatic heterocycles. The molecule has 166 valence electrons. The number of rotatable bonds is 5. The Morgan fingerprint density at radius 3 is 2.30 bits per heavy atom. The van der Waals surface area contributed by atoms with Crippen LogP contribution in [0, 0.1) is 34.1 Å². The highest BCUT2D eigenvalue weighted by atomic mass is 32.2. The number of nitro benzene ring substituents is 2. The molecule has 1 aliphatic rings. The quantitative estimate of drug-likeness (QED) is 0.194. The molecule has 2 aromatic carbocycles. The molecule has 0 aliphatic carbocycles. The van der Waals surface area contributed by atoms with Crippen LogP contribution in [-0.2, 0) is 4.79 Å². The summed E-state index contributed by atoms with van der Waals surface area (Å²) in [4.78, 5) is 35.9. The minimum atomic E-state index is -0.525. The second-order valence-corrected chi connectivity index (χ2v) is 8.88. The summed E-state index contributed by atoms with van der Waals surface area (Å²) < 4.78 is 6.08. The van der Waals surface area contributed by atoms with E-state index in [1.165, 1.54) is 41.3 Å². The molecule has 0 spiro atoms. The molecule has 0 N–H and O–H groups in total. The lowest BCUT2D eigenvalue weighted by molar-refractivity contribution is -0.384. The second-order valence-electron chi connectivity index (χ2n) is 7.20. The lowest BCUT2D eigenvalue weighted by Crippen LogP contribution is -2.27. The van der Waals surface area contributed by atoms with Crippen LogP contribution in [0.1, 0.15) is 16.9 Å². The van der Waals surface area contributed by atoms with Gasteiger partial charge in [0.05, 0.1) is 26.0 Å². The second kappa shape index (κ2) is 8.60. The van der Waals surface area contributed by atoms with Gasteiger partial charge < -0.3 is 4.42 Å². The van der Waals surface area contributed by atoms with Crippen LogP contribution in [0.2, 0.25) is 0 Å². The molecule has 1 fully saturated rings. The fourth-order valence-corrected chi connectivity index (χ4v) is 4.55. The van der Waals surface area contributed by atoms with Crippen molar-refractivity contribution < 1.29 is 19.1 Å². The van der Waals surface area contributed by atoms with E-state index in [4.69, 9.17) is 16.6 Å². The zero-order valence-corrected chi connectivity index (χ0v) is 18.9. The van der Waals surface area contributed by atoms with Crippen molar-refractivity contribution in [2.75, 3.05) is 4.90 Å². The van der Waals surface area contributed by atoms with Gasteiger partial charge in [0.2, 0.25) is 0 Å². The van der Waals surface area contributed by atoms with Crippen LogP contribution in [0.25, 0.3) is 17.4 Å². The van der Waals surface area contributed by atoms with Gasteiger partial charge in [-0.3, -0.25) is 29.9 Å². The van der Waals surface area contributed by atoms with Crippen LogP contribution in [0.3, 0.4) is 0 Å².